The Hall–Kier alpha value is -5.47. The minimum absolute atomic E-state index is 0.0374. The van der Waals surface area contributed by atoms with E-state index < -0.39 is 29.6 Å². The average molecular weight is 645 g/mol. The molecule has 0 aliphatic carbocycles. The minimum atomic E-state index is -1.14. The van der Waals surface area contributed by atoms with Gasteiger partial charge in [0.05, 0.1) is 22.8 Å². The molecule has 6 rings (SSSR count). The normalized spacial score (nSPS) is 16.4. The monoisotopic (exact) mass is 644 g/mol. The second kappa shape index (κ2) is 12.9. The number of halogens is 2. The number of carbonyl (C=O) groups excluding carboxylic acids is 3. The van der Waals surface area contributed by atoms with E-state index >= 15 is 4.39 Å². The number of carbonyl (C=O) groups is 4. The number of carboxylic acids is 1. The van der Waals surface area contributed by atoms with Crippen molar-refractivity contribution >= 4 is 52.7 Å². The smallest absolute Gasteiger partial charge is 0.335 e. The first-order chi connectivity index (χ1) is 22.2. The third kappa shape index (κ3) is 5.95. The zero-order valence-corrected chi connectivity index (χ0v) is 24.8. The fraction of sp³-hybridized carbons (Fsp3) is 0.194. The van der Waals surface area contributed by atoms with E-state index in [1.54, 1.807) is 17.0 Å². The van der Waals surface area contributed by atoms with Gasteiger partial charge in [-0.15, -0.1) is 5.10 Å². The summed E-state index contributed by atoms with van der Waals surface area (Å²) in [5, 5.41) is 25.9. The third-order valence-electron chi connectivity index (χ3n) is 7.81. The Morgan fingerprint density at radius 1 is 1.07 bits per heavy atom. The highest BCUT2D eigenvalue weighted by Gasteiger charge is 2.37. The SMILES string of the molecule is O=C(O)c1ccc(NC(=O)[C@@H]2c3cccc(N4CCNCC4=O)c3CCN2C(=O)/C=C/c2c(-n3cnnn3)ccc(Cl)c2F)cc1. The topological polar surface area (TPSA) is 163 Å². The quantitative estimate of drug-likeness (QED) is 0.257. The van der Waals surface area contributed by atoms with E-state index in [0.717, 1.165) is 11.6 Å². The number of aromatic carboxylic acids is 1. The van der Waals surface area contributed by atoms with Crippen LogP contribution in [0.25, 0.3) is 11.8 Å². The molecule has 3 N–H and O–H groups in total. The molecule has 2 aliphatic rings. The van der Waals surface area contributed by atoms with Crippen LogP contribution in [0.4, 0.5) is 15.8 Å². The summed E-state index contributed by atoms with van der Waals surface area (Å²) >= 11 is 6.04. The van der Waals surface area contributed by atoms with Crippen molar-refractivity contribution in [2.75, 3.05) is 36.4 Å². The lowest BCUT2D eigenvalue weighted by molar-refractivity contribution is -0.135. The Balaban J connectivity index is 1.37. The summed E-state index contributed by atoms with van der Waals surface area (Å²) < 4.78 is 16.4. The predicted molar refractivity (Wildman–Crippen MR) is 165 cm³/mol. The van der Waals surface area contributed by atoms with Crippen LogP contribution in [-0.4, -0.2) is 80.1 Å². The summed E-state index contributed by atoms with van der Waals surface area (Å²) in [6.45, 7) is 1.35. The molecular weight excluding hydrogens is 619 g/mol. The zero-order chi connectivity index (χ0) is 32.4. The molecule has 1 atom stereocenters. The number of tetrazole rings is 1. The predicted octanol–water partition coefficient (Wildman–Crippen LogP) is 2.87. The molecule has 1 aromatic heterocycles. The molecule has 1 saturated heterocycles. The molecule has 13 nitrogen and oxygen atoms in total. The highest BCUT2D eigenvalue weighted by atomic mass is 35.5. The number of fused-ring (bicyclic) bond motifs is 1. The van der Waals surface area contributed by atoms with E-state index in [-0.39, 0.29) is 40.8 Å². The van der Waals surface area contributed by atoms with Gasteiger partial charge in [-0.2, -0.15) is 4.68 Å². The molecule has 15 heteroatoms. The number of aromatic nitrogens is 4. The zero-order valence-electron chi connectivity index (χ0n) is 24.1. The largest absolute Gasteiger partial charge is 0.478 e. The van der Waals surface area contributed by atoms with Crippen molar-refractivity contribution in [1.82, 2.24) is 30.4 Å². The van der Waals surface area contributed by atoms with Gasteiger partial charge < -0.3 is 25.5 Å². The molecule has 4 aromatic rings. The van der Waals surface area contributed by atoms with Gasteiger partial charge in [0.2, 0.25) is 11.8 Å². The van der Waals surface area contributed by atoms with E-state index in [2.05, 4.69) is 26.2 Å². The number of anilines is 2. The van der Waals surface area contributed by atoms with Crippen LogP contribution in [0.15, 0.2) is 67.0 Å². The van der Waals surface area contributed by atoms with Gasteiger partial charge in [-0.05, 0) is 76.5 Å². The molecule has 2 aliphatic heterocycles. The van der Waals surface area contributed by atoms with Crippen LogP contribution in [0, 0.1) is 5.82 Å². The molecule has 46 heavy (non-hydrogen) atoms. The number of amides is 3. The van der Waals surface area contributed by atoms with Gasteiger partial charge in [-0.25, -0.2) is 9.18 Å². The molecule has 234 valence electrons. The maximum absolute atomic E-state index is 15.2. The summed E-state index contributed by atoms with van der Waals surface area (Å²) in [6, 6.07) is 12.6. The van der Waals surface area contributed by atoms with E-state index in [0.29, 0.717) is 36.4 Å². The van der Waals surface area contributed by atoms with Gasteiger partial charge in [0, 0.05) is 42.6 Å². The van der Waals surface area contributed by atoms with Crippen molar-refractivity contribution in [3.63, 3.8) is 0 Å². The van der Waals surface area contributed by atoms with Crippen molar-refractivity contribution in [1.29, 1.82) is 0 Å². The van der Waals surface area contributed by atoms with Crippen LogP contribution in [0.1, 0.15) is 33.1 Å². The molecule has 3 amide bonds. The summed E-state index contributed by atoms with van der Waals surface area (Å²) in [5.41, 5.74) is 2.53. The van der Waals surface area contributed by atoms with Crippen molar-refractivity contribution < 1.29 is 28.7 Å². The number of rotatable bonds is 7. The summed E-state index contributed by atoms with van der Waals surface area (Å²) in [6.07, 6.45) is 4.03. The fourth-order valence-corrected chi connectivity index (χ4v) is 5.79. The van der Waals surface area contributed by atoms with Gasteiger partial charge in [0.15, 0.2) is 5.82 Å². The van der Waals surface area contributed by atoms with Crippen LogP contribution in [0.2, 0.25) is 5.02 Å². The second-order valence-corrected chi connectivity index (χ2v) is 10.9. The van der Waals surface area contributed by atoms with Gasteiger partial charge in [0.25, 0.3) is 5.91 Å². The lowest BCUT2D eigenvalue weighted by Gasteiger charge is -2.38. The van der Waals surface area contributed by atoms with Crippen LogP contribution >= 0.6 is 11.6 Å². The molecule has 3 heterocycles. The van der Waals surface area contributed by atoms with Crippen LogP contribution < -0.4 is 15.5 Å². The highest BCUT2D eigenvalue weighted by molar-refractivity contribution is 6.31. The van der Waals surface area contributed by atoms with Crippen molar-refractivity contribution in [2.45, 2.75) is 12.5 Å². The molecular formula is C31H26ClFN8O5. The first-order valence-electron chi connectivity index (χ1n) is 14.2. The van der Waals surface area contributed by atoms with Gasteiger partial charge >= 0.3 is 5.97 Å². The third-order valence-corrected chi connectivity index (χ3v) is 8.10. The van der Waals surface area contributed by atoms with Crippen molar-refractivity contribution in [3.05, 3.63) is 100 Å². The molecule has 0 unspecified atom stereocenters. The second-order valence-electron chi connectivity index (χ2n) is 10.5. The number of hydrogen-bond acceptors (Lipinski definition) is 8. The summed E-state index contributed by atoms with van der Waals surface area (Å²) in [5.74, 6) is -3.15. The Morgan fingerprint density at radius 2 is 1.87 bits per heavy atom. The fourth-order valence-electron chi connectivity index (χ4n) is 5.63. The van der Waals surface area contributed by atoms with E-state index in [4.69, 9.17) is 11.6 Å². The molecule has 0 saturated carbocycles. The minimum Gasteiger partial charge on any atom is -0.478 e. The summed E-state index contributed by atoms with van der Waals surface area (Å²) in [4.78, 5) is 54.9. The van der Waals surface area contributed by atoms with Crippen LogP contribution in [0.5, 0.6) is 0 Å². The number of carboxylic acid groups (broad SMARTS) is 1. The number of benzene rings is 3. The van der Waals surface area contributed by atoms with E-state index in [9.17, 15) is 24.3 Å². The number of nitrogens with one attached hydrogen (secondary N) is 2. The van der Waals surface area contributed by atoms with Gasteiger partial charge in [-0.3, -0.25) is 14.4 Å². The molecule has 3 aromatic carbocycles. The number of nitrogens with zero attached hydrogens (tertiary/aromatic N) is 6. The molecule has 0 radical (unpaired) electrons. The Bertz CT molecular complexity index is 1870. The maximum atomic E-state index is 15.2. The lowest BCUT2D eigenvalue weighted by atomic mass is 9.89. The first kappa shape index (κ1) is 30.6. The van der Waals surface area contributed by atoms with Crippen molar-refractivity contribution in [3.8, 4) is 5.69 Å². The first-order valence-corrected chi connectivity index (χ1v) is 14.6. The van der Waals surface area contributed by atoms with Gasteiger partial charge in [-0.1, -0.05) is 23.7 Å². The average Bonchev–Trinajstić information content (AvgIpc) is 3.60. The lowest BCUT2D eigenvalue weighted by Crippen LogP contribution is -2.49. The standard InChI is InChI=1S/C31H26ClFN8O5/c32-23-9-10-25(41-17-35-37-38-41)22(28(23)33)8-11-26(42)40-14-12-20-21(2-1-3-24(20)39-15-13-34-16-27(39)43)29(40)30(44)36-19-6-4-18(5-7-19)31(45)46/h1-11,17,29,34H,12-16H2,(H,36,44)(H,45,46)/b11-8+/t29-/m0/s1. The van der Waals surface area contributed by atoms with Gasteiger partial charge in [0.1, 0.15) is 12.4 Å². The maximum Gasteiger partial charge on any atom is 0.335 e. The van der Waals surface area contributed by atoms with E-state index in [1.807, 2.05) is 6.07 Å². The Kier molecular flexibility index (Phi) is 8.55. The van der Waals surface area contributed by atoms with E-state index in [1.165, 1.54) is 58.4 Å². The number of hydrogen-bond donors (Lipinski definition) is 3. The summed E-state index contributed by atoms with van der Waals surface area (Å²) in [7, 11) is 0. The molecule has 0 bridgehead atoms. The Morgan fingerprint density at radius 3 is 2.59 bits per heavy atom. The molecule has 0 spiro atoms. The number of piperazine rings is 1. The van der Waals surface area contributed by atoms with Crippen LogP contribution in [0.3, 0.4) is 0 Å². The molecule has 1 fully saturated rings. The highest BCUT2D eigenvalue weighted by Crippen LogP contribution is 2.37. The van der Waals surface area contributed by atoms with Crippen LogP contribution in [-0.2, 0) is 20.8 Å². The Labute approximate surface area is 266 Å². The van der Waals surface area contributed by atoms with Crippen molar-refractivity contribution in [2.24, 2.45) is 0 Å².